The van der Waals surface area contributed by atoms with Gasteiger partial charge in [0.2, 0.25) is 0 Å². The van der Waals surface area contributed by atoms with Crippen LogP contribution in [0.15, 0.2) is 18.3 Å². The highest BCUT2D eigenvalue weighted by Crippen LogP contribution is 2.20. The average molecular weight is 262 g/mol. The van der Waals surface area contributed by atoms with Crippen molar-refractivity contribution in [2.75, 3.05) is 38.6 Å². The predicted molar refractivity (Wildman–Crippen MR) is 80.5 cm³/mol. The first kappa shape index (κ1) is 14.3. The van der Waals surface area contributed by atoms with Gasteiger partial charge in [-0.25, -0.2) is 0 Å². The van der Waals surface area contributed by atoms with E-state index in [1.807, 2.05) is 13.2 Å². The van der Waals surface area contributed by atoms with E-state index in [9.17, 15) is 0 Å². The molecule has 0 spiro atoms. The summed E-state index contributed by atoms with van der Waals surface area (Å²) >= 11 is 0. The summed E-state index contributed by atoms with van der Waals surface area (Å²) < 4.78 is 0. The van der Waals surface area contributed by atoms with Crippen LogP contribution in [0.3, 0.4) is 0 Å². The Labute approximate surface area is 116 Å². The number of hydrogen-bond acceptors (Lipinski definition) is 4. The van der Waals surface area contributed by atoms with Crippen molar-refractivity contribution in [3.63, 3.8) is 0 Å². The molecular weight excluding hydrogens is 236 g/mol. The van der Waals surface area contributed by atoms with E-state index in [2.05, 4.69) is 46.2 Å². The maximum atomic E-state index is 4.37. The third kappa shape index (κ3) is 3.67. The standard InChI is InChI=1S/C15H26N4/c1-4-19-9-5-6-15(19)12-18(3)14-7-8-17-13(10-14)11-16-2/h7-8,10,15-16H,4-6,9,11-12H2,1-3H3. The molecule has 1 aliphatic heterocycles. The normalized spacial score (nSPS) is 19.8. The Morgan fingerprint density at radius 3 is 3.11 bits per heavy atom. The van der Waals surface area contributed by atoms with Gasteiger partial charge in [0, 0.05) is 38.1 Å². The van der Waals surface area contributed by atoms with Crippen LogP contribution in [0, 0.1) is 0 Å². The molecule has 0 aromatic carbocycles. The third-order valence-electron chi connectivity index (χ3n) is 3.99. The fourth-order valence-electron chi connectivity index (χ4n) is 2.92. The molecule has 4 nitrogen and oxygen atoms in total. The van der Waals surface area contributed by atoms with Crippen LogP contribution >= 0.6 is 0 Å². The first-order valence-electron chi connectivity index (χ1n) is 7.29. The van der Waals surface area contributed by atoms with Crippen LogP contribution in [-0.2, 0) is 6.54 Å². The molecule has 1 atom stereocenters. The number of anilines is 1. The average Bonchev–Trinajstić information content (AvgIpc) is 2.86. The Bertz CT molecular complexity index is 393. The van der Waals surface area contributed by atoms with Gasteiger partial charge < -0.3 is 10.2 Å². The molecule has 19 heavy (non-hydrogen) atoms. The number of likely N-dealkylation sites (tertiary alicyclic amines) is 1. The van der Waals surface area contributed by atoms with Crippen LogP contribution in [0.25, 0.3) is 0 Å². The van der Waals surface area contributed by atoms with Crippen molar-refractivity contribution >= 4 is 5.69 Å². The lowest BCUT2D eigenvalue weighted by Gasteiger charge is -2.29. The number of pyridine rings is 1. The zero-order chi connectivity index (χ0) is 13.7. The van der Waals surface area contributed by atoms with E-state index in [1.54, 1.807) is 0 Å². The second-order valence-corrected chi connectivity index (χ2v) is 5.34. The second-order valence-electron chi connectivity index (χ2n) is 5.34. The summed E-state index contributed by atoms with van der Waals surface area (Å²) in [5, 5.41) is 3.15. The van der Waals surface area contributed by atoms with Crippen molar-refractivity contribution in [3.05, 3.63) is 24.0 Å². The first-order chi connectivity index (χ1) is 9.24. The summed E-state index contributed by atoms with van der Waals surface area (Å²) in [6.07, 6.45) is 4.57. The van der Waals surface area contributed by atoms with E-state index < -0.39 is 0 Å². The van der Waals surface area contributed by atoms with E-state index >= 15 is 0 Å². The molecule has 2 heterocycles. The summed E-state index contributed by atoms with van der Waals surface area (Å²) in [7, 11) is 4.14. The SMILES string of the molecule is CCN1CCCC1CN(C)c1ccnc(CNC)c1. The van der Waals surface area contributed by atoms with Crippen molar-refractivity contribution in [2.45, 2.75) is 32.4 Å². The van der Waals surface area contributed by atoms with Crippen molar-refractivity contribution < 1.29 is 0 Å². The predicted octanol–water partition coefficient (Wildman–Crippen LogP) is 1.72. The Balaban J connectivity index is 1.98. The molecule has 1 aromatic rings. The molecular formula is C15H26N4. The molecule has 0 bridgehead atoms. The molecule has 0 amide bonds. The molecule has 1 fully saturated rings. The highest BCUT2D eigenvalue weighted by atomic mass is 15.2. The minimum atomic E-state index is 0.705. The first-order valence-corrected chi connectivity index (χ1v) is 7.29. The van der Waals surface area contributed by atoms with Gasteiger partial charge in [-0.2, -0.15) is 0 Å². The largest absolute Gasteiger partial charge is 0.373 e. The monoisotopic (exact) mass is 262 g/mol. The second kappa shape index (κ2) is 6.87. The number of hydrogen-bond donors (Lipinski definition) is 1. The fraction of sp³-hybridized carbons (Fsp3) is 0.667. The van der Waals surface area contributed by atoms with Gasteiger partial charge in [-0.3, -0.25) is 9.88 Å². The van der Waals surface area contributed by atoms with Gasteiger partial charge in [0.15, 0.2) is 0 Å². The molecule has 1 aliphatic rings. The van der Waals surface area contributed by atoms with Gasteiger partial charge in [0.05, 0.1) is 5.69 Å². The summed E-state index contributed by atoms with van der Waals surface area (Å²) in [5.74, 6) is 0. The molecule has 0 saturated carbocycles. The molecule has 1 saturated heterocycles. The zero-order valence-electron chi connectivity index (χ0n) is 12.4. The molecule has 4 heteroatoms. The fourth-order valence-corrected chi connectivity index (χ4v) is 2.92. The van der Waals surface area contributed by atoms with Crippen LogP contribution in [0.5, 0.6) is 0 Å². The number of aromatic nitrogens is 1. The number of rotatable bonds is 6. The van der Waals surface area contributed by atoms with Gasteiger partial charge in [0.1, 0.15) is 0 Å². The lowest BCUT2D eigenvalue weighted by Crippen LogP contribution is -2.38. The minimum absolute atomic E-state index is 0.705. The van der Waals surface area contributed by atoms with Crippen LogP contribution in [0.4, 0.5) is 5.69 Å². The van der Waals surface area contributed by atoms with Gasteiger partial charge in [-0.1, -0.05) is 6.92 Å². The quantitative estimate of drug-likeness (QED) is 0.846. The van der Waals surface area contributed by atoms with E-state index in [-0.39, 0.29) is 0 Å². The van der Waals surface area contributed by atoms with Crippen LogP contribution in [-0.4, -0.2) is 49.7 Å². The van der Waals surface area contributed by atoms with Crippen LogP contribution < -0.4 is 10.2 Å². The van der Waals surface area contributed by atoms with Crippen molar-refractivity contribution in [1.29, 1.82) is 0 Å². The van der Waals surface area contributed by atoms with Gasteiger partial charge in [-0.15, -0.1) is 0 Å². The maximum Gasteiger partial charge on any atom is 0.0562 e. The van der Waals surface area contributed by atoms with Crippen molar-refractivity contribution in [1.82, 2.24) is 15.2 Å². The maximum absolute atomic E-state index is 4.37. The summed E-state index contributed by atoms with van der Waals surface area (Å²) in [6, 6.07) is 4.99. The summed E-state index contributed by atoms with van der Waals surface area (Å²) in [6.45, 7) is 6.62. The van der Waals surface area contributed by atoms with Gasteiger partial charge >= 0.3 is 0 Å². The molecule has 0 radical (unpaired) electrons. The van der Waals surface area contributed by atoms with Crippen LogP contribution in [0.2, 0.25) is 0 Å². The van der Waals surface area contributed by atoms with E-state index in [1.165, 1.54) is 31.6 Å². The lowest BCUT2D eigenvalue weighted by atomic mass is 10.2. The Kier molecular flexibility index (Phi) is 5.16. The van der Waals surface area contributed by atoms with Crippen molar-refractivity contribution in [3.8, 4) is 0 Å². The van der Waals surface area contributed by atoms with Gasteiger partial charge in [-0.05, 0) is 45.1 Å². The summed E-state index contributed by atoms with van der Waals surface area (Å²) in [4.78, 5) is 9.32. The molecule has 1 unspecified atom stereocenters. The molecule has 2 rings (SSSR count). The highest BCUT2D eigenvalue weighted by molar-refractivity contribution is 5.45. The smallest absolute Gasteiger partial charge is 0.0562 e. The molecule has 1 aromatic heterocycles. The van der Waals surface area contributed by atoms with E-state index in [0.29, 0.717) is 6.04 Å². The third-order valence-corrected chi connectivity index (χ3v) is 3.99. The van der Waals surface area contributed by atoms with E-state index in [4.69, 9.17) is 0 Å². The Hall–Kier alpha value is -1.13. The van der Waals surface area contributed by atoms with Crippen molar-refractivity contribution in [2.24, 2.45) is 0 Å². The highest BCUT2D eigenvalue weighted by Gasteiger charge is 2.24. The molecule has 106 valence electrons. The lowest BCUT2D eigenvalue weighted by molar-refractivity contribution is 0.270. The zero-order valence-corrected chi connectivity index (χ0v) is 12.4. The Morgan fingerprint density at radius 2 is 2.37 bits per heavy atom. The molecule has 0 aliphatic carbocycles. The minimum Gasteiger partial charge on any atom is -0.373 e. The number of nitrogens with one attached hydrogen (secondary N) is 1. The number of nitrogens with zero attached hydrogens (tertiary/aromatic N) is 3. The Morgan fingerprint density at radius 1 is 1.53 bits per heavy atom. The molecule has 1 N–H and O–H groups in total. The topological polar surface area (TPSA) is 31.4 Å². The van der Waals surface area contributed by atoms with E-state index in [0.717, 1.165) is 18.8 Å². The van der Waals surface area contributed by atoms with Crippen LogP contribution in [0.1, 0.15) is 25.5 Å². The number of likely N-dealkylation sites (N-methyl/N-ethyl adjacent to an activating group) is 2. The van der Waals surface area contributed by atoms with Gasteiger partial charge in [0.25, 0.3) is 0 Å². The summed E-state index contributed by atoms with van der Waals surface area (Å²) in [5.41, 5.74) is 2.37.